The Labute approximate surface area is 160 Å². The normalized spacial score (nSPS) is 10.3. The average Bonchev–Trinajstić information content (AvgIpc) is 2.55. The summed E-state index contributed by atoms with van der Waals surface area (Å²) in [7, 11) is 0. The minimum atomic E-state index is -0.510. The third-order valence-electron chi connectivity index (χ3n) is 2.65. The van der Waals surface area contributed by atoms with E-state index in [1.165, 1.54) is 0 Å². The van der Waals surface area contributed by atoms with Crippen LogP contribution in [0.3, 0.4) is 0 Å². The van der Waals surface area contributed by atoms with Crippen LogP contribution in [0.25, 0.3) is 0 Å². The smallest absolute Gasteiger partial charge is 0.335 e. The van der Waals surface area contributed by atoms with E-state index in [4.69, 9.17) is 10.00 Å². The van der Waals surface area contributed by atoms with E-state index in [9.17, 15) is 4.79 Å². The standard InChI is InChI=1S/C16H9I2N3O2/c1-2-16(22)23-15-6-5-12(8-14(15)18)21-20-11-4-3-10(9-19)13(17)7-11/h2-8H,1H2. The van der Waals surface area contributed by atoms with Gasteiger partial charge in [-0.25, -0.2) is 4.79 Å². The van der Waals surface area contributed by atoms with Crippen LogP contribution in [-0.2, 0) is 4.79 Å². The Bertz CT molecular complexity index is 842. The van der Waals surface area contributed by atoms with Gasteiger partial charge >= 0.3 is 5.97 Å². The van der Waals surface area contributed by atoms with Crippen LogP contribution in [0.5, 0.6) is 5.75 Å². The number of carbonyl (C=O) groups excluding carboxylic acids is 1. The molecule has 2 rings (SSSR count). The molecule has 0 aromatic heterocycles. The lowest BCUT2D eigenvalue weighted by atomic mass is 10.2. The van der Waals surface area contributed by atoms with Gasteiger partial charge in [0.25, 0.3) is 0 Å². The number of ether oxygens (including phenoxy) is 1. The molecule has 0 saturated heterocycles. The molecule has 0 spiro atoms. The number of rotatable bonds is 4. The van der Waals surface area contributed by atoms with Gasteiger partial charge in [0.2, 0.25) is 0 Å². The van der Waals surface area contributed by atoms with Crippen LogP contribution < -0.4 is 4.74 Å². The number of nitrogens with zero attached hydrogens (tertiary/aromatic N) is 3. The molecular weight excluding hydrogens is 520 g/mol. The first-order chi connectivity index (χ1) is 11.0. The Morgan fingerprint density at radius 2 is 1.74 bits per heavy atom. The lowest BCUT2D eigenvalue weighted by Gasteiger charge is -2.04. The van der Waals surface area contributed by atoms with E-state index in [1.807, 2.05) is 0 Å². The number of nitriles is 1. The van der Waals surface area contributed by atoms with E-state index >= 15 is 0 Å². The Morgan fingerprint density at radius 1 is 1.13 bits per heavy atom. The van der Waals surface area contributed by atoms with Crippen molar-refractivity contribution in [3.8, 4) is 11.8 Å². The van der Waals surface area contributed by atoms with E-state index in [0.717, 1.165) is 13.2 Å². The van der Waals surface area contributed by atoms with Gasteiger partial charge in [-0.2, -0.15) is 15.5 Å². The minimum absolute atomic E-state index is 0.447. The highest BCUT2D eigenvalue weighted by Gasteiger charge is 2.06. The van der Waals surface area contributed by atoms with E-state index in [-0.39, 0.29) is 0 Å². The van der Waals surface area contributed by atoms with Gasteiger partial charge in [0, 0.05) is 9.65 Å². The number of benzene rings is 2. The second-order valence-corrected chi connectivity index (χ2v) is 6.54. The van der Waals surface area contributed by atoms with Gasteiger partial charge in [-0.3, -0.25) is 0 Å². The molecule has 0 amide bonds. The average molecular weight is 529 g/mol. The maximum Gasteiger partial charge on any atom is 0.335 e. The molecule has 7 heteroatoms. The van der Waals surface area contributed by atoms with Crippen LogP contribution in [0.15, 0.2) is 59.3 Å². The fourth-order valence-corrected chi connectivity index (χ4v) is 2.79. The van der Waals surface area contributed by atoms with Crippen molar-refractivity contribution in [2.75, 3.05) is 0 Å². The molecule has 0 saturated carbocycles. The molecule has 23 heavy (non-hydrogen) atoms. The molecule has 0 atom stereocenters. The van der Waals surface area contributed by atoms with Gasteiger partial charge in [-0.05, 0) is 81.6 Å². The summed E-state index contributed by atoms with van der Waals surface area (Å²) < 4.78 is 6.65. The van der Waals surface area contributed by atoms with Crippen molar-refractivity contribution in [3.05, 3.63) is 61.8 Å². The van der Waals surface area contributed by atoms with Gasteiger partial charge in [-0.1, -0.05) is 6.58 Å². The summed E-state index contributed by atoms with van der Waals surface area (Å²) in [6, 6.07) is 12.4. The summed E-state index contributed by atoms with van der Waals surface area (Å²) in [4.78, 5) is 11.2. The molecule has 5 nitrogen and oxygen atoms in total. The molecule has 0 aliphatic rings. The van der Waals surface area contributed by atoms with Gasteiger partial charge in [0.15, 0.2) is 0 Å². The Morgan fingerprint density at radius 3 is 2.26 bits per heavy atom. The number of halogens is 2. The van der Waals surface area contributed by atoms with Crippen LogP contribution in [0.4, 0.5) is 11.4 Å². The van der Waals surface area contributed by atoms with Crippen LogP contribution in [0.1, 0.15) is 5.56 Å². The first kappa shape index (κ1) is 17.6. The summed E-state index contributed by atoms with van der Waals surface area (Å²) in [5.74, 6) is -0.0631. The molecule has 0 bridgehead atoms. The molecule has 0 aliphatic heterocycles. The second kappa shape index (κ2) is 8.16. The quantitative estimate of drug-likeness (QED) is 0.178. The SMILES string of the molecule is C=CC(=O)Oc1ccc(N=Nc2ccc(C#N)c(I)c2)cc1I. The fraction of sp³-hybridized carbons (Fsp3) is 0. The van der Waals surface area contributed by atoms with Crippen molar-refractivity contribution >= 4 is 62.5 Å². The second-order valence-electron chi connectivity index (χ2n) is 4.22. The molecule has 114 valence electrons. The summed E-state index contributed by atoms with van der Waals surface area (Å²) >= 11 is 4.14. The summed E-state index contributed by atoms with van der Waals surface area (Å²) in [5, 5.41) is 17.2. The number of esters is 1. The van der Waals surface area contributed by atoms with E-state index in [2.05, 4.69) is 68.1 Å². The van der Waals surface area contributed by atoms with Crippen molar-refractivity contribution < 1.29 is 9.53 Å². The van der Waals surface area contributed by atoms with Crippen molar-refractivity contribution in [3.63, 3.8) is 0 Å². The third kappa shape index (κ3) is 4.84. The molecule has 0 heterocycles. The van der Waals surface area contributed by atoms with Crippen molar-refractivity contribution in [2.24, 2.45) is 10.2 Å². The number of hydrogen-bond donors (Lipinski definition) is 0. The topological polar surface area (TPSA) is 74.8 Å². The largest absolute Gasteiger partial charge is 0.422 e. The predicted molar refractivity (Wildman–Crippen MR) is 103 cm³/mol. The lowest BCUT2D eigenvalue weighted by molar-refractivity contribution is -0.129. The summed E-state index contributed by atoms with van der Waals surface area (Å²) in [6.45, 7) is 3.36. The van der Waals surface area contributed by atoms with Gasteiger partial charge in [0.1, 0.15) is 11.8 Å². The molecule has 2 aromatic carbocycles. The van der Waals surface area contributed by atoms with Crippen molar-refractivity contribution in [2.45, 2.75) is 0 Å². The third-order valence-corrected chi connectivity index (χ3v) is 4.38. The molecule has 0 radical (unpaired) electrons. The van der Waals surface area contributed by atoms with Crippen molar-refractivity contribution in [1.29, 1.82) is 5.26 Å². The molecule has 0 fully saturated rings. The highest BCUT2D eigenvalue weighted by molar-refractivity contribution is 14.1. The van der Waals surface area contributed by atoms with Crippen LogP contribution in [0.2, 0.25) is 0 Å². The Kier molecular flexibility index (Phi) is 6.23. The number of azo groups is 1. The van der Waals surface area contributed by atoms with E-state index < -0.39 is 5.97 Å². The maximum absolute atomic E-state index is 11.2. The van der Waals surface area contributed by atoms with E-state index in [1.54, 1.807) is 36.4 Å². The lowest BCUT2D eigenvalue weighted by Crippen LogP contribution is -2.03. The van der Waals surface area contributed by atoms with Gasteiger partial charge in [0.05, 0.1) is 20.5 Å². The zero-order valence-corrected chi connectivity index (χ0v) is 16.0. The molecular formula is C16H9I2N3O2. The van der Waals surface area contributed by atoms with Crippen LogP contribution in [-0.4, -0.2) is 5.97 Å². The highest BCUT2D eigenvalue weighted by atomic mass is 127. The van der Waals surface area contributed by atoms with Crippen molar-refractivity contribution in [1.82, 2.24) is 0 Å². The Hall–Kier alpha value is -1.80. The molecule has 2 aromatic rings. The summed E-state index contributed by atoms with van der Waals surface area (Å²) in [6.07, 6.45) is 1.11. The number of hydrogen-bond acceptors (Lipinski definition) is 5. The summed E-state index contributed by atoms with van der Waals surface area (Å²) in [5.41, 5.74) is 1.89. The van der Waals surface area contributed by atoms with Crippen LogP contribution in [0, 0.1) is 18.5 Å². The maximum atomic E-state index is 11.2. The molecule has 0 N–H and O–H groups in total. The highest BCUT2D eigenvalue weighted by Crippen LogP contribution is 2.28. The fourth-order valence-electron chi connectivity index (χ4n) is 1.56. The molecule has 0 aliphatic carbocycles. The predicted octanol–water partition coefficient (Wildman–Crippen LogP) is 5.27. The number of carbonyl (C=O) groups is 1. The van der Waals surface area contributed by atoms with Crippen LogP contribution >= 0.6 is 45.2 Å². The zero-order chi connectivity index (χ0) is 16.8. The minimum Gasteiger partial charge on any atom is -0.422 e. The zero-order valence-electron chi connectivity index (χ0n) is 11.7. The first-order valence-electron chi connectivity index (χ1n) is 6.28. The molecule has 0 unspecified atom stereocenters. The monoisotopic (exact) mass is 529 g/mol. The van der Waals surface area contributed by atoms with E-state index in [0.29, 0.717) is 22.7 Å². The van der Waals surface area contributed by atoms with Gasteiger partial charge in [-0.15, -0.1) is 0 Å². The Balaban J connectivity index is 2.18. The first-order valence-corrected chi connectivity index (χ1v) is 8.44. The van der Waals surface area contributed by atoms with Gasteiger partial charge < -0.3 is 4.74 Å².